The van der Waals surface area contributed by atoms with Gasteiger partial charge < -0.3 is 10.1 Å². The van der Waals surface area contributed by atoms with Crippen LogP contribution in [0.3, 0.4) is 0 Å². The Morgan fingerprint density at radius 3 is 2.55 bits per heavy atom. The van der Waals surface area contributed by atoms with Crippen molar-refractivity contribution in [3.05, 3.63) is 28.2 Å². The van der Waals surface area contributed by atoms with Gasteiger partial charge in [-0.05, 0) is 44.5 Å². The molecule has 20 heavy (non-hydrogen) atoms. The molecule has 1 rings (SSSR count). The summed E-state index contributed by atoms with van der Waals surface area (Å²) in [5.41, 5.74) is 1.27. The lowest BCUT2D eigenvalue weighted by Gasteiger charge is -2.28. The first-order chi connectivity index (χ1) is 9.67. The molecule has 0 fully saturated rings. The van der Waals surface area contributed by atoms with E-state index >= 15 is 0 Å². The van der Waals surface area contributed by atoms with Crippen LogP contribution in [0.5, 0.6) is 5.75 Å². The van der Waals surface area contributed by atoms with Crippen LogP contribution in [0, 0.1) is 5.92 Å². The van der Waals surface area contributed by atoms with Crippen molar-refractivity contribution in [1.82, 2.24) is 5.32 Å². The summed E-state index contributed by atoms with van der Waals surface area (Å²) < 4.78 is 6.93. The van der Waals surface area contributed by atoms with Crippen molar-refractivity contribution >= 4 is 15.9 Å². The van der Waals surface area contributed by atoms with Crippen LogP contribution in [0.4, 0.5) is 0 Å². The third kappa shape index (κ3) is 4.78. The van der Waals surface area contributed by atoms with Crippen LogP contribution in [-0.4, -0.2) is 13.7 Å². The minimum absolute atomic E-state index is 0.352. The van der Waals surface area contributed by atoms with Gasteiger partial charge in [0.15, 0.2) is 0 Å². The monoisotopic (exact) mass is 341 g/mol. The zero-order valence-corrected chi connectivity index (χ0v) is 14.8. The highest BCUT2D eigenvalue weighted by atomic mass is 79.9. The number of unbranched alkanes of at least 4 members (excludes halogenated alkanes) is 1. The summed E-state index contributed by atoms with van der Waals surface area (Å²) in [6.45, 7) is 7.28. The Bertz CT molecular complexity index is 395. The standard InChI is InChI=1S/C17H28BrNO/c1-5-8-9-13(6-2)17(19-4)15-12-14(18)10-11-16(15)20-7-3/h10-13,17,19H,5-9H2,1-4H3. The third-order valence-corrected chi connectivity index (χ3v) is 4.34. The molecule has 0 aliphatic heterocycles. The molecule has 0 heterocycles. The molecular formula is C17H28BrNO. The number of halogens is 1. The van der Waals surface area contributed by atoms with E-state index in [1.165, 1.54) is 31.2 Å². The van der Waals surface area contributed by atoms with Crippen LogP contribution in [0.2, 0.25) is 0 Å². The van der Waals surface area contributed by atoms with E-state index in [0.29, 0.717) is 18.6 Å². The maximum Gasteiger partial charge on any atom is 0.124 e. The van der Waals surface area contributed by atoms with Gasteiger partial charge in [0.25, 0.3) is 0 Å². The summed E-state index contributed by atoms with van der Waals surface area (Å²) in [6.07, 6.45) is 4.98. The highest BCUT2D eigenvalue weighted by Crippen LogP contribution is 2.36. The van der Waals surface area contributed by atoms with Gasteiger partial charge >= 0.3 is 0 Å². The number of ether oxygens (including phenoxy) is 1. The Kier molecular flexibility index (Phi) is 8.24. The number of rotatable bonds is 9. The van der Waals surface area contributed by atoms with E-state index in [0.717, 1.165) is 10.2 Å². The second-order valence-electron chi connectivity index (χ2n) is 5.19. The Hall–Kier alpha value is -0.540. The van der Waals surface area contributed by atoms with E-state index in [1.807, 2.05) is 13.0 Å². The average molecular weight is 342 g/mol. The molecule has 0 saturated carbocycles. The molecule has 1 aromatic carbocycles. The summed E-state index contributed by atoms with van der Waals surface area (Å²) in [5, 5.41) is 3.50. The van der Waals surface area contributed by atoms with Crippen molar-refractivity contribution in [1.29, 1.82) is 0 Å². The van der Waals surface area contributed by atoms with Gasteiger partial charge in [-0.1, -0.05) is 49.0 Å². The zero-order valence-electron chi connectivity index (χ0n) is 13.2. The molecular weight excluding hydrogens is 314 g/mol. The molecule has 0 aliphatic carbocycles. The van der Waals surface area contributed by atoms with Crippen LogP contribution < -0.4 is 10.1 Å². The smallest absolute Gasteiger partial charge is 0.124 e. The van der Waals surface area contributed by atoms with Crippen LogP contribution in [-0.2, 0) is 0 Å². The molecule has 1 aromatic rings. The maximum absolute atomic E-state index is 5.81. The molecule has 2 unspecified atom stereocenters. The fraction of sp³-hybridized carbons (Fsp3) is 0.647. The number of nitrogens with one attached hydrogen (secondary N) is 1. The molecule has 0 aromatic heterocycles. The molecule has 114 valence electrons. The molecule has 0 amide bonds. The normalized spacial score (nSPS) is 14.1. The van der Waals surface area contributed by atoms with Crippen LogP contribution in [0.25, 0.3) is 0 Å². The van der Waals surface area contributed by atoms with Gasteiger partial charge in [-0.3, -0.25) is 0 Å². The topological polar surface area (TPSA) is 21.3 Å². The van der Waals surface area contributed by atoms with Crippen molar-refractivity contribution in [3.8, 4) is 5.75 Å². The van der Waals surface area contributed by atoms with Gasteiger partial charge in [-0.2, -0.15) is 0 Å². The SMILES string of the molecule is CCCCC(CC)C(NC)c1cc(Br)ccc1OCC. The quantitative estimate of drug-likeness (QED) is 0.655. The van der Waals surface area contributed by atoms with E-state index in [9.17, 15) is 0 Å². The molecule has 0 spiro atoms. The van der Waals surface area contributed by atoms with Gasteiger partial charge in [0.1, 0.15) is 5.75 Å². The van der Waals surface area contributed by atoms with Crippen molar-refractivity contribution in [3.63, 3.8) is 0 Å². The molecule has 2 nitrogen and oxygen atoms in total. The second-order valence-corrected chi connectivity index (χ2v) is 6.11. The minimum atomic E-state index is 0.352. The summed E-state index contributed by atoms with van der Waals surface area (Å²) in [4.78, 5) is 0. The van der Waals surface area contributed by atoms with E-state index in [2.05, 4.69) is 54.3 Å². The van der Waals surface area contributed by atoms with Gasteiger partial charge in [-0.15, -0.1) is 0 Å². The van der Waals surface area contributed by atoms with Gasteiger partial charge in [0, 0.05) is 16.1 Å². The Balaban J connectivity index is 3.05. The third-order valence-electron chi connectivity index (χ3n) is 3.84. The highest BCUT2D eigenvalue weighted by molar-refractivity contribution is 9.10. The molecule has 1 N–H and O–H groups in total. The average Bonchev–Trinajstić information content (AvgIpc) is 2.46. The number of hydrogen-bond acceptors (Lipinski definition) is 2. The van der Waals surface area contributed by atoms with E-state index in [4.69, 9.17) is 4.74 Å². The Labute approximate surface area is 132 Å². The summed E-state index contributed by atoms with van der Waals surface area (Å²) in [7, 11) is 2.05. The second kappa shape index (κ2) is 9.41. The minimum Gasteiger partial charge on any atom is -0.494 e. The van der Waals surface area contributed by atoms with Crippen molar-refractivity contribution in [2.24, 2.45) is 5.92 Å². The van der Waals surface area contributed by atoms with Crippen molar-refractivity contribution < 1.29 is 4.74 Å². The lowest BCUT2D eigenvalue weighted by molar-refractivity contribution is 0.304. The van der Waals surface area contributed by atoms with E-state index in [1.54, 1.807) is 0 Å². The van der Waals surface area contributed by atoms with Crippen LogP contribution in [0.1, 0.15) is 58.1 Å². The molecule has 0 bridgehead atoms. The van der Waals surface area contributed by atoms with Crippen LogP contribution in [0.15, 0.2) is 22.7 Å². The summed E-state index contributed by atoms with van der Waals surface area (Å²) in [6, 6.07) is 6.67. The van der Waals surface area contributed by atoms with Crippen molar-refractivity contribution in [2.75, 3.05) is 13.7 Å². The highest BCUT2D eigenvalue weighted by Gasteiger charge is 2.23. The number of benzene rings is 1. The van der Waals surface area contributed by atoms with Gasteiger partial charge in [0.05, 0.1) is 6.61 Å². The van der Waals surface area contributed by atoms with Crippen LogP contribution >= 0.6 is 15.9 Å². The predicted octanol–water partition coefficient (Wildman–Crippen LogP) is 5.32. The largest absolute Gasteiger partial charge is 0.494 e. The number of hydrogen-bond donors (Lipinski definition) is 1. The molecule has 2 atom stereocenters. The molecule has 0 saturated heterocycles. The summed E-state index contributed by atoms with van der Waals surface area (Å²) >= 11 is 3.59. The first-order valence-corrected chi connectivity index (χ1v) is 8.56. The lowest BCUT2D eigenvalue weighted by atomic mass is 9.86. The first-order valence-electron chi connectivity index (χ1n) is 7.77. The lowest BCUT2D eigenvalue weighted by Crippen LogP contribution is -2.25. The first kappa shape index (κ1) is 17.5. The summed E-state index contributed by atoms with van der Waals surface area (Å²) in [5.74, 6) is 1.65. The molecule has 0 aliphatic rings. The van der Waals surface area contributed by atoms with Crippen molar-refractivity contribution in [2.45, 2.75) is 52.5 Å². The zero-order chi connectivity index (χ0) is 15.0. The van der Waals surface area contributed by atoms with E-state index < -0.39 is 0 Å². The predicted molar refractivity (Wildman–Crippen MR) is 90.4 cm³/mol. The fourth-order valence-electron chi connectivity index (χ4n) is 2.77. The maximum atomic E-state index is 5.81. The Morgan fingerprint density at radius 1 is 1.25 bits per heavy atom. The van der Waals surface area contributed by atoms with Gasteiger partial charge in [-0.25, -0.2) is 0 Å². The fourth-order valence-corrected chi connectivity index (χ4v) is 3.15. The molecule has 0 radical (unpaired) electrons. The Morgan fingerprint density at radius 2 is 2.00 bits per heavy atom. The molecule has 3 heteroatoms. The van der Waals surface area contributed by atoms with E-state index in [-0.39, 0.29) is 0 Å². The van der Waals surface area contributed by atoms with Gasteiger partial charge in [0.2, 0.25) is 0 Å².